The number of halogens is 3. The van der Waals surface area contributed by atoms with Gasteiger partial charge in [0, 0.05) is 31.7 Å². The molecule has 1 aliphatic rings. The van der Waals surface area contributed by atoms with Crippen LogP contribution in [0.2, 0.25) is 0 Å². The number of nitrogens with zero attached hydrogens (tertiary/aromatic N) is 1. The van der Waals surface area contributed by atoms with Crippen LogP contribution in [-0.2, 0) is 10.9 Å². The van der Waals surface area contributed by atoms with Gasteiger partial charge in [0.2, 0.25) is 0 Å². The first-order valence-corrected chi connectivity index (χ1v) is 9.97. The van der Waals surface area contributed by atoms with Crippen LogP contribution in [0.1, 0.15) is 25.3 Å². The zero-order chi connectivity index (χ0) is 22.0. The fourth-order valence-corrected chi connectivity index (χ4v) is 3.10. The van der Waals surface area contributed by atoms with Gasteiger partial charge in [0.15, 0.2) is 5.96 Å². The number of alkyl halides is 3. The van der Waals surface area contributed by atoms with Gasteiger partial charge in [-0.15, -0.1) is 0 Å². The maximum atomic E-state index is 12.8. The molecule has 10 heteroatoms. The highest BCUT2D eigenvalue weighted by Crippen LogP contribution is 2.32. The van der Waals surface area contributed by atoms with Crippen LogP contribution in [0.25, 0.3) is 0 Å². The highest BCUT2D eigenvalue weighted by molar-refractivity contribution is 5.79. The summed E-state index contributed by atoms with van der Waals surface area (Å²) in [5.41, 5.74) is -0.996. The topological polar surface area (TPSA) is 95.3 Å². The fraction of sp³-hybridized carbons (Fsp3) is 0.650. The van der Waals surface area contributed by atoms with E-state index in [1.54, 1.807) is 0 Å². The van der Waals surface area contributed by atoms with E-state index >= 15 is 0 Å². The first-order chi connectivity index (χ1) is 14.3. The van der Waals surface area contributed by atoms with Gasteiger partial charge in [-0.25, -0.2) is 0 Å². The molecule has 0 bridgehead atoms. The fourth-order valence-electron chi connectivity index (χ4n) is 3.10. The minimum absolute atomic E-state index is 0.0385. The van der Waals surface area contributed by atoms with Crippen LogP contribution in [0, 0.1) is 5.41 Å². The Hall–Kier alpha value is -2.04. The maximum Gasteiger partial charge on any atom is 0.416 e. The van der Waals surface area contributed by atoms with Gasteiger partial charge in [-0.3, -0.25) is 4.99 Å². The number of rotatable bonds is 10. The molecule has 1 aliphatic heterocycles. The third kappa shape index (κ3) is 7.66. The summed E-state index contributed by atoms with van der Waals surface area (Å²) >= 11 is 0. The lowest BCUT2D eigenvalue weighted by atomic mass is 9.84. The summed E-state index contributed by atoms with van der Waals surface area (Å²) in [4.78, 5) is 4.54. The van der Waals surface area contributed by atoms with Crippen LogP contribution in [0.4, 0.5) is 13.2 Å². The van der Waals surface area contributed by atoms with Gasteiger partial charge in [0.05, 0.1) is 18.7 Å². The molecule has 2 unspecified atom stereocenters. The highest BCUT2D eigenvalue weighted by atomic mass is 19.4. The Labute approximate surface area is 174 Å². The van der Waals surface area contributed by atoms with Gasteiger partial charge in [0.25, 0.3) is 0 Å². The average Bonchev–Trinajstić information content (AvgIpc) is 3.17. The summed E-state index contributed by atoms with van der Waals surface area (Å²) < 4.78 is 49.0. The zero-order valence-electron chi connectivity index (χ0n) is 17.0. The highest BCUT2D eigenvalue weighted by Gasteiger charge is 2.34. The van der Waals surface area contributed by atoms with E-state index in [0.29, 0.717) is 38.7 Å². The van der Waals surface area contributed by atoms with Gasteiger partial charge in [-0.05, 0) is 38.0 Å². The largest absolute Gasteiger partial charge is 0.491 e. The molecule has 1 aromatic carbocycles. The number of hydrogen-bond donors (Lipinski definition) is 4. The van der Waals surface area contributed by atoms with Crippen molar-refractivity contribution >= 4 is 5.96 Å². The molecule has 4 N–H and O–H groups in total. The van der Waals surface area contributed by atoms with Crippen molar-refractivity contribution in [3.05, 3.63) is 29.8 Å². The lowest BCUT2D eigenvalue weighted by Gasteiger charge is -2.25. The molecule has 1 saturated heterocycles. The molecule has 7 nitrogen and oxygen atoms in total. The van der Waals surface area contributed by atoms with Crippen molar-refractivity contribution in [2.24, 2.45) is 10.4 Å². The van der Waals surface area contributed by atoms with Gasteiger partial charge in [-0.1, -0.05) is 6.07 Å². The second kappa shape index (κ2) is 11.4. The molecule has 2 rings (SSSR count). The molecular formula is C20H30F3N3O4. The molecule has 0 aliphatic carbocycles. The van der Waals surface area contributed by atoms with E-state index in [0.717, 1.165) is 18.6 Å². The molecule has 0 amide bonds. The quantitative estimate of drug-likeness (QED) is 0.332. The Morgan fingerprint density at radius 2 is 2.17 bits per heavy atom. The molecule has 0 saturated carbocycles. The maximum absolute atomic E-state index is 12.8. The number of ether oxygens (including phenoxy) is 2. The molecule has 2 atom stereocenters. The molecule has 1 heterocycles. The van der Waals surface area contributed by atoms with E-state index in [1.165, 1.54) is 12.1 Å². The summed E-state index contributed by atoms with van der Waals surface area (Å²) in [6.07, 6.45) is -3.98. The normalized spacial score (nSPS) is 20.8. The minimum Gasteiger partial charge on any atom is -0.491 e. The van der Waals surface area contributed by atoms with Gasteiger partial charge < -0.3 is 30.3 Å². The summed E-state index contributed by atoms with van der Waals surface area (Å²) in [5.74, 6) is 0.538. The summed E-state index contributed by atoms with van der Waals surface area (Å²) in [6, 6.07) is 4.53. The Bertz CT molecular complexity index is 680. The number of aliphatic hydroxyl groups is 2. The summed E-state index contributed by atoms with van der Waals surface area (Å²) in [5, 5.41) is 25.5. The number of aliphatic imine (C=N–C) groups is 1. The van der Waals surface area contributed by atoms with E-state index in [4.69, 9.17) is 9.47 Å². The van der Waals surface area contributed by atoms with Crippen molar-refractivity contribution in [3.63, 3.8) is 0 Å². The second-order valence-corrected chi connectivity index (χ2v) is 7.34. The van der Waals surface area contributed by atoms with Crippen LogP contribution >= 0.6 is 0 Å². The minimum atomic E-state index is -4.45. The van der Waals surface area contributed by atoms with Crippen molar-refractivity contribution in [1.82, 2.24) is 10.6 Å². The number of hydrogen-bond acceptors (Lipinski definition) is 5. The van der Waals surface area contributed by atoms with E-state index in [9.17, 15) is 23.4 Å². The van der Waals surface area contributed by atoms with Crippen LogP contribution in [0.3, 0.4) is 0 Å². The Kier molecular flexibility index (Phi) is 9.19. The van der Waals surface area contributed by atoms with Crippen LogP contribution in [0.15, 0.2) is 29.3 Å². The van der Waals surface area contributed by atoms with Gasteiger partial charge in [-0.2, -0.15) is 13.2 Å². The van der Waals surface area contributed by atoms with Crippen molar-refractivity contribution in [1.29, 1.82) is 0 Å². The van der Waals surface area contributed by atoms with Crippen LogP contribution in [-0.4, -0.2) is 68.3 Å². The zero-order valence-corrected chi connectivity index (χ0v) is 17.0. The van der Waals surface area contributed by atoms with E-state index < -0.39 is 17.8 Å². The molecule has 0 spiro atoms. The molecular weight excluding hydrogens is 403 g/mol. The summed E-state index contributed by atoms with van der Waals surface area (Å²) in [7, 11) is 0. The molecule has 1 aromatic rings. The SMILES string of the molecule is CCNC(=NCC1(CCO)CCOC1)NCC(O)COc1cccc(C(F)(F)F)c1. The predicted octanol–water partition coefficient (Wildman–Crippen LogP) is 1.79. The Morgan fingerprint density at radius 1 is 1.37 bits per heavy atom. The summed E-state index contributed by atoms with van der Waals surface area (Å²) in [6.45, 7) is 4.19. The molecule has 170 valence electrons. The molecule has 0 radical (unpaired) electrons. The number of guanidine groups is 1. The molecule has 30 heavy (non-hydrogen) atoms. The van der Waals surface area contributed by atoms with Crippen molar-refractivity contribution < 1.29 is 32.9 Å². The first-order valence-electron chi connectivity index (χ1n) is 9.97. The molecule has 1 fully saturated rings. The first kappa shape index (κ1) is 24.2. The third-order valence-electron chi connectivity index (χ3n) is 4.85. The third-order valence-corrected chi connectivity index (χ3v) is 4.85. The monoisotopic (exact) mass is 433 g/mol. The van der Waals surface area contributed by atoms with Crippen molar-refractivity contribution in [3.8, 4) is 5.75 Å². The van der Waals surface area contributed by atoms with Crippen molar-refractivity contribution in [2.75, 3.05) is 46.1 Å². The van der Waals surface area contributed by atoms with Gasteiger partial charge >= 0.3 is 6.18 Å². The van der Waals surface area contributed by atoms with Gasteiger partial charge in [0.1, 0.15) is 18.5 Å². The van der Waals surface area contributed by atoms with E-state index in [-0.39, 0.29) is 30.9 Å². The number of nitrogens with one attached hydrogen (secondary N) is 2. The number of benzene rings is 1. The van der Waals surface area contributed by atoms with Crippen LogP contribution in [0.5, 0.6) is 5.75 Å². The van der Waals surface area contributed by atoms with Crippen molar-refractivity contribution in [2.45, 2.75) is 32.0 Å². The predicted molar refractivity (Wildman–Crippen MR) is 106 cm³/mol. The van der Waals surface area contributed by atoms with Crippen LogP contribution < -0.4 is 15.4 Å². The lowest BCUT2D eigenvalue weighted by molar-refractivity contribution is -0.137. The smallest absolute Gasteiger partial charge is 0.416 e. The molecule has 0 aromatic heterocycles. The van der Waals surface area contributed by atoms with E-state index in [2.05, 4.69) is 15.6 Å². The Morgan fingerprint density at radius 3 is 2.80 bits per heavy atom. The second-order valence-electron chi connectivity index (χ2n) is 7.34. The Balaban J connectivity index is 1.85. The standard InChI is InChI=1S/C20H30F3N3O4/c1-2-24-18(26-13-19(6-8-27)7-9-29-14-19)25-11-16(28)12-30-17-5-3-4-15(10-17)20(21,22)23/h3-5,10,16,27-28H,2,6-9,11-14H2,1H3,(H2,24,25,26). The number of aliphatic hydroxyl groups excluding tert-OH is 2. The average molecular weight is 433 g/mol. The van der Waals surface area contributed by atoms with E-state index in [1.807, 2.05) is 6.92 Å². The lowest BCUT2D eigenvalue weighted by Crippen LogP contribution is -2.43.